The molecule has 0 spiro atoms. The van der Waals surface area contributed by atoms with Crippen molar-refractivity contribution in [2.75, 3.05) is 11.3 Å². The largest absolute Gasteiger partial charge is 0.545 e. The van der Waals surface area contributed by atoms with E-state index in [1.807, 2.05) is 30.5 Å². The Labute approximate surface area is 160 Å². The third-order valence-corrected chi connectivity index (χ3v) is 4.98. The van der Waals surface area contributed by atoms with Crippen molar-refractivity contribution in [2.24, 2.45) is 5.10 Å². The lowest BCUT2D eigenvalue weighted by Crippen LogP contribution is -2.25. The van der Waals surface area contributed by atoms with Gasteiger partial charge in [0.25, 0.3) is 5.91 Å². The molecule has 0 saturated carbocycles. The Morgan fingerprint density at radius 1 is 1.23 bits per heavy atom. The molecule has 26 heavy (non-hydrogen) atoms. The molecule has 0 aromatic heterocycles. The van der Waals surface area contributed by atoms with Gasteiger partial charge in [-0.25, -0.2) is 0 Å². The van der Waals surface area contributed by atoms with Crippen molar-refractivity contribution < 1.29 is 14.7 Å². The predicted molar refractivity (Wildman–Crippen MR) is 103 cm³/mol. The number of carboxylic acids is 1. The monoisotopic (exact) mass is 385 g/mol. The molecule has 2 aromatic rings. The molecule has 1 aliphatic rings. The van der Waals surface area contributed by atoms with Crippen LogP contribution in [0.1, 0.15) is 22.8 Å². The number of carbonyl (C=O) groups excluding carboxylic acids is 2. The Morgan fingerprint density at radius 2 is 1.92 bits per heavy atom. The average molecular weight is 386 g/mol. The molecule has 1 aliphatic heterocycles. The van der Waals surface area contributed by atoms with E-state index in [1.165, 1.54) is 17.1 Å². The number of nitrogens with zero attached hydrogens (tertiary/aromatic N) is 2. The number of aromatic carboxylic acids is 1. The van der Waals surface area contributed by atoms with E-state index in [1.54, 1.807) is 30.8 Å². The number of halogens is 1. The van der Waals surface area contributed by atoms with Gasteiger partial charge in [0.1, 0.15) is 0 Å². The number of hydrazone groups is 1. The molecular weight excluding hydrogens is 372 g/mol. The Balaban J connectivity index is 1.94. The van der Waals surface area contributed by atoms with Crippen LogP contribution in [-0.2, 0) is 4.79 Å². The Kier molecular flexibility index (Phi) is 5.15. The molecule has 0 bridgehead atoms. The normalized spacial score (nSPS) is 15.5. The van der Waals surface area contributed by atoms with E-state index in [-0.39, 0.29) is 16.5 Å². The van der Waals surface area contributed by atoms with Crippen molar-refractivity contribution >= 4 is 52.7 Å². The van der Waals surface area contributed by atoms with Gasteiger partial charge in [0.15, 0.2) is 0 Å². The number of hydrogen-bond donors (Lipinski definition) is 0. The van der Waals surface area contributed by atoms with E-state index in [0.717, 1.165) is 10.5 Å². The summed E-state index contributed by atoms with van der Waals surface area (Å²) >= 11 is 7.49. The first-order chi connectivity index (χ1) is 12.4. The van der Waals surface area contributed by atoms with E-state index >= 15 is 0 Å². The number of benzene rings is 2. The average Bonchev–Trinajstić information content (AvgIpc) is 2.91. The molecule has 2 aromatic carbocycles. The van der Waals surface area contributed by atoms with E-state index in [4.69, 9.17) is 11.6 Å². The molecule has 1 heterocycles. The maximum absolute atomic E-state index is 12.8. The summed E-state index contributed by atoms with van der Waals surface area (Å²) in [4.78, 5) is 25.0. The maximum atomic E-state index is 12.8. The van der Waals surface area contributed by atoms with Crippen LogP contribution in [0, 0.1) is 0 Å². The van der Waals surface area contributed by atoms with Crippen molar-refractivity contribution in [3.8, 4) is 0 Å². The fourth-order valence-corrected chi connectivity index (χ4v) is 3.13. The van der Waals surface area contributed by atoms with E-state index < -0.39 is 5.97 Å². The van der Waals surface area contributed by atoms with Gasteiger partial charge < -0.3 is 9.90 Å². The summed E-state index contributed by atoms with van der Waals surface area (Å²) in [5.74, 6) is -1.74. The maximum Gasteiger partial charge on any atom is 0.280 e. The van der Waals surface area contributed by atoms with Gasteiger partial charge in [0.2, 0.25) is 0 Å². The minimum atomic E-state index is -1.41. The number of carbonyl (C=O) groups is 2. The van der Waals surface area contributed by atoms with Crippen molar-refractivity contribution in [1.82, 2.24) is 0 Å². The molecule has 5 nitrogen and oxygen atoms in total. The standard InChI is InChI=1S/C19H15ClN2O3S/c1-11-15(9-12-3-6-14(26-2)7-4-12)18(23)22(21-11)13-5-8-17(20)16(10-13)19(24)25/h3-10H,1-2H3,(H,24,25)/p-1/b15-9-. The quantitative estimate of drug-likeness (QED) is 0.598. The van der Waals surface area contributed by atoms with Gasteiger partial charge in [-0.2, -0.15) is 10.1 Å². The summed E-state index contributed by atoms with van der Waals surface area (Å²) in [5.41, 5.74) is 2.02. The van der Waals surface area contributed by atoms with Gasteiger partial charge in [-0.1, -0.05) is 23.7 Å². The summed E-state index contributed by atoms with van der Waals surface area (Å²) in [6.07, 6.45) is 3.76. The number of rotatable bonds is 4. The van der Waals surface area contributed by atoms with Crippen LogP contribution in [0.3, 0.4) is 0 Å². The van der Waals surface area contributed by atoms with Crippen LogP contribution in [0.5, 0.6) is 0 Å². The highest BCUT2D eigenvalue weighted by Gasteiger charge is 2.29. The number of anilines is 1. The minimum Gasteiger partial charge on any atom is -0.545 e. The van der Waals surface area contributed by atoms with Gasteiger partial charge in [0.05, 0.1) is 22.9 Å². The molecule has 0 atom stereocenters. The topological polar surface area (TPSA) is 72.8 Å². The van der Waals surface area contributed by atoms with Crippen molar-refractivity contribution in [3.05, 3.63) is 64.2 Å². The lowest BCUT2D eigenvalue weighted by atomic mass is 10.1. The number of amides is 1. The van der Waals surface area contributed by atoms with Gasteiger partial charge in [-0.3, -0.25) is 4.79 Å². The van der Waals surface area contributed by atoms with Crippen LogP contribution in [0.25, 0.3) is 6.08 Å². The zero-order chi connectivity index (χ0) is 18.8. The Bertz CT molecular complexity index is 952. The van der Waals surface area contributed by atoms with Crippen LogP contribution in [-0.4, -0.2) is 23.8 Å². The molecule has 0 radical (unpaired) electrons. The fraction of sp³-hybridized carbons (Fsp3) is 0.105. The number of hydrogen-bond acceptors (Lipinski definition) is 5. The number of thioether (sulfide) groups is 1. The van der Waals surface area contributed by atoms with E-state index in [9.17, 15) is 14.7 Å². The molecule has 1 amide bonds. The zero-order valence-corrected chi connectivity index (χ0v) is 15.6. The van der Waals surface area contributed by atoms with Gasteiger partial charge in [-0.05, 0) is 55.2 Å². The molecule has 0 N–H and O–H groups in total. The van der Waals surface area contributed by atoms with Crippen LogP contribution in [0.15, 0.2) is 58.0 Å². The highest BCUT2D eigenvalue weighted by Crippen LogP contribution is 2.28. The molecule has 0 fully saturated rings. The predicted octanol–water partition coefficient (Wildman–Crippen LogP) is 3.23. The van der Waals surface area contributed by atoms with Crippen molar-refractivity contribution in [3.63, 3.8) is 0 Å². The first kappa shape index (κ1) is 18.2. The third-order valence-electron chi connectivity index (χ3n) is 3.90. The van der Waals surface area contributed by atoms with Crippen LogP contribution in [0.4, 0.5) is 5.69 Å². The van der Waals surface area contributed by atoms with Gasteiger partial charge in [-0.15, -0.1) is 11.8 Å². The molecule has 3 rings (SSSR count). The zero-order valence-electron chi connectivity index (χ0n) is 14.0. The first-order valence-electron chi connectivity index (χ1n) is 7.67. The van der Waals surface area contributed by atoms with Crippen LogP contribution >= 0.6 is 23.4 Å². The van der Waals surface area contributed by atoms with Gasteiger partial charge >= 0.3 is 0 Å². The SMILES string of the molecule is CSc1ccc(/C=C2\C(=O)N(c3ccc(Cl)c(C(=O)[O-])c3)N=C2C)cc1. The van der Waals surface area contributed by atoms with Crippen molar-refractivity contribution in [1.29, 1.82) is 0 Å². The van der Waals surface area contributed by atoms with Crippen LogP contribution in [0.2, 0.25) is 5.02 Å². The molecule has 132 valence electrons. The Hall–Kier alpha value is -2.57. The molecular formula is C19H14ClN2O3S-. The van der Waals surface area contributed by atoms with Gasteiger partial charge in [0, 0.05) is 15.5 Å². The summed E-state index contributed by atoms with van der Waals surface area (Å²) in [6, 6.07) is 12.0. The molecule has 0 saturated heterocycles. The van der Waals surface area contributed by atoms with E-state index in [2.05, 4.69) is 5.10 Å². The smallest absolute Gasteiger partial charge is 0.280 e. The third kappa shape index (κ3) is 3.52. The van der Waals surface area contributed by atoms with Crippen molar-refractivity contribution in [2.45, 2.75) is 11.8 Å². The first-order valence-corrected chi connectivity index (χ1v) is 9.27. The van der Waals surface area contributed by atoms with Crippen LogP contribution < -0.4 is 10.1 Å². The fourth-order valence-electron chi connectivity index (χ4n) is 2.53. The molecule has 0 aliphatic carbocycles. The lowest BCUT2D eigenvalue weighted by Gasteiger charge is -2.14. The highest BCUT2D eigenvalue weighted by molar-refractivity contribution is 7.98. The second-order valence-electron chi connectivity index (χ2n) is 5.59. The summed E-state index contributed by atoms with van der Waals surface area (Å²) in [6.45, 7) is 1.73. The Morgan fingerprint density at radius 3 is 2.54 bits per heavy atom. The minimum absolute atomic E-state index is 0.0470. The summed E-state index contributed by atoms with van der Waals surface area (Å²) < 4.78 is 0. The number of carboxylic acid groups (broad SMARTS) is 1. The second-order valence-corrected chi connectivity index (χ2v) is 6.87. The second kappa shape index (κ2) is 7.35. The van der Waals surface area contributed by atoms with E-state index in [0.29, 0.717) is 17.0 Å². The lowest BCUT2D eigenvalue weighted by molar-refractivity contribution is -0.255. The summed E-state index contributed by atoms with van der Waals surface area (Å²) in [5, 5.41) is 16.6. The summed E-state index contributed by atoms with van der Waals surface area (Å²) in [7, 11) is 0. The molecule has 0 unspecified atom stereocenters. The molecule has 7 heteroatoms. The highest BCUT2D eigenvalue weighted by atomic mass is 35.5.